The summed E-state index contributed by atoms with van der Waals surface area (Å²) in [5, 5.41) is 2.19. The number of alkyl halides is 1. The van der Waals surface area contributed by atoms with Crippen LogP contribution in [0.5, 0.6) is 0 Å². The van der Waals surface area contributed by atoms with Crippen LogP contribution < -0.4 is 0 Å². The largest absolute Gasteiger partial charge is 0.149 e. The van der Waals surface area contributed by atoms with Gasteiger partial charge in [0.2, 0.25) is 0 Å². The van der Waals surface area contributed by atoms with Crippen LogP contribution in [0.1, 0.15) is 30.6 Å². The highest BCUT2D eigenvalue weighted by Crippen LogP contribution is 2.51. The Morgan fingerprint density at radius 2 is 2.33 bits per heavy atom. The molecule has 0 amide bonds. The van der Waals surface area contributed by atoms with Gasteiger partial charge in [0.15, 0.2) is 0 Å². The topological polar surface area (TPSA) is 0 Å². The summed E-state index contributed by atoms with van der Waals surface area (Å²) in [5.41, 5.74) is 0. The van der Waals surface area contributed by atoms with Crippen LogP contribution in [-0.4, -0.2) is 4.83 Å². The van der Waals surface area contributed by atoms with E-state index in [-0.39, 0.29) is 0 Å². The van der Waals surface area contributed by atoms with E-state index in [1.165, 1.54) is 32.1 Å². The molecule has 2 fully saturated rings. The van der Waals surface area contributed by atoms with E-state index < -0.39 is 0 Å². The van der Waals surface area contributed by atoms with Gasteiger partial charge in [0.25, 0.3) is 0 Å². The molecule has 1 heterocycles. The van der Waals surface area contributed by atoms with Crippen molar-refractivity contribution in [2.75, 3.05) is 0 Å². The lowest BCUT2D eigenvalue weighted by Gasteiger charge is -2.26. The lowest BCUT2D eigenvalue weighted by Crippen LogP contribution is -2.22. The number of hydrogen-bond donors (Lipinski definition) is 0. The zero-order valence-corrected chi connectivity index (χ0v) is 11.3. The molecule has 0 radical (unpaired) electrons. The Bertz CT molecular complexity index is 319. The molecule has 2 heteroatoms. The summed E-state index contributed by atoms with van der Waals surface area (Å²) in [4.78, 5) is 2.27. The predicted octanol–water partition coefficient (Wildman–Crippen LogP) is 4.49. The third-order valence-corrected chi connectivity index (χ3v) is 6.14. The number of rotatable bonds is 3. The number of thiophene rings is 1. The van der Waals surface area contributed by atoms with Crippen molar-refractivity contribution in [1.29, 1.82) is 0 Å². The lowest BCUT2D eigenvalue weighted by molar-refractivity contribution is 0.326. The minimum absolute atomic E-state index is 0.728. The van der Waals surface area contributed by atoms with E-state index in [9.17, 15) is 0 Å². The van der Waals surface area contributed by atoms with E-state index in [0.29, 0.717) is 0 Å². The molecule has 4 unspecified atom stereocenters. The fourth-order valence-corrected chi connectivity index (χ4v) is 5.48. The molecule has 3 rings (SSSR count). The van der Waals surface area contributed by atoms with Gasteiger partial charge in [0.1, 0.15) is 0 Å². The van der Waals surface area contributed by atoms with Crippen LogP contribution in [0.25, 0.3) is 0 Å². The van der Waals surface area contributed by atoms with Crippen molar-refractivity contribution >= 4 is 27.3 Å². The summed E-state index contributed by atoms with van der Waals surface area (Å²) in [7, 11) is 0. The van der Waals surface area contributed by atoms with Crippen molar-refractivity contribution in [2.45, 2.75) is 36.9 Å². The summed E-state index contributed by atoms with van der Waals surface area (Å²) in [6.07, 6.45) is 7.27. The molecule has 82 valence electrons. The molecule has 0 aliphatic heterocycles. The van der Waals surface area contributed by atoms with E-state index in [0.717, 1.165) is 22.6 Å². The van der Waals surface area contributed by atoms with Gasteiger partial charge in [0, 0.05) is 9.70 Å². The maximum Gasteiger partial charge on any atom is 0.0225 e. The molecule has 0 N–H and O–H groups in total. The standard InChI is InChI=1S/C13H17BrS/c14-13(8-11-2-1-5-15-11)12-7-9-3-4-10(12)6-9/h1-2,5,9-10,12-13H,3-4,6-8H2. The van der Waals surface area contributed by atoms with Crippen molar-refractivity contribution in [3.05, 3.63) is 22.4 Å². The molecule has 15 heavy (non-hydrogen) atoms. The Balaban J connectivity index is 1.63. The molecule has 1 aromatic heterocycles. The van der Waals surface area contributed by atoms with Gasteiger partial charge >= 0.3 is 0 Å². The molecule has 0 nitrogen and oxygen atoms in total. The molecule has 0 spiro atoms. The van der Waals surface area contributed by atoms with E-state index >= 15 is 0 Å². The molecule has 0 saturated heterocycles. The first-order chi connectivity index (χ1) is 7.33. The maximum absolute atomic E-state index is 3.93. The van der Waals surface area contributed by atoms with Crippen LogP contribution in [0.2, 0.25) is 0 Å². The van der Waals surface area contributed by atoms with Crippen molar-refractivity contribution in [2.24, 2.45) is 17.8 Å². The second-order valence-corrected chi connectivity index (χ2v) is 7.35. The van der Waals surface area contributed by atoms with Gasteiger partial charge in [-0.2, -0.15) is 0 Å². The van der Waals surface area contributed by atoms with Gasteiger partial charge in [-0.15, -0.1) is 11.3 Å². The monoisotopic (exact) mass is 284 g/mol. The summed E-state index contributed by atoms with van der Waals surface area (Å²) < 4.78 is 0. The highest BCUT2D eigenvalue weighted by atomic mass is 79.9. The zero-order chi connectivity index (χ0) is 10.3. The van der Waals surface area contributed by atoms with Gasteiger partial charge in [-0.1, -0.05) is 28.4 Å². The van der Waals surface area contributed by atoms with E-state index in [4.69, 9.17) is 0 Å². The van der Waals surface area contributed by atoms with E-state index in [1.54, 1.807) is 4.88 Å². The second-order valence-electron chi connectivity index (χ2n) is 5.14. The maximum atomic E-state index is 3.93. The Kier molecular flexibility index (Phi) is 2.90. The smallest absolute Gasteiger partial charge is 0.0225 e. The predicted molar refractivity (Wildman–Crippen MR) is 69.7 cm³/mol. The third-order valence-electron chi connectivity index (χ3n) is 4.23. The molecular formula is C13H17BrS. The van der Waals surface area contributed by atoms with Crippen LogP contribution in [0, 0.1) is 17.8 Å². The fourth-order valence-electron chi connectivity index (χ4n) is 3.51. The van der Waals surface area contributed by atoms with Crippen LogP contribution in [-0.2, 0) is 6.42 Å². The average Bonchev–Trinajstić information content (AvgIpc) is 2.93. The first-order valence-corrected chi connectivity index (χ1v) is 7.79. The zero-order valence-electron chi connectivity index (χ0n) is 8.86. The van der Waals surface area contributed by atoms with Gasteiger partial charge in [0.05, 0.1) is 0 Å². The molecule has 2 aliphatic rings. The molecule has 1 aromatic rings. The molecule has 2 saturated carbocycles. The molecule has 2 bridgehead atoms. The van der Waals surface area contributed by atoms with Gasteiger partial charge in [-0.05, 0) is 54.9 Å². The van der Waals surface area contributed by atoms with Crippen LogP contribution in [0.4, 0.5) is 0 Å². The molecule has 4 atom stereocenters. The Morgan fingerprint density at radius 3 is 2.93 bits per heavy atom. The van der Waals surface area contributed by atoms with Crippen LogP contribution in [0.3, 0.4) is 0 Å². The SMILES string of the molecule is BrC(Cc1cccs1)C1CC2CCC1C2. The number of hydrogen-bond acceptors (Lipinski definition) is 1. The Labute approximate surface area is 104 Å². The van der Waals surface area contributed by atoms with Crippen LogP contribution >= 0.6 is 27.3 Å². The first kappa shape index (κ1) is 10.3. The van der Waals surface area contributed by atoms with E-state index in [1.807, 2.05) is 11.3 Å². The minimum atomic E-state index is 0.728. The average molecular weight is 285 g/mol. The van der Waals surface area contributed by atoms with Crippen LogP contribution in [0.15, 0.2) is 17.5 Å². The molecule has 0 aromatic carbocycles. The third kappa shape index (κ3) is 2.03. The fraction of sp³-hybridized carbons (Fsp3) is 0.692. The van der Waals surface area contributed by atoms with Gasteiger partial charge < -0.3 is 0 Å². The number of halogens is 1. The summed E-state index contributed by atoms with van der Waals surface area (Å²) in [5.74, 6) is 3.08. The van der Waals surface area contributed by atoms with E-state index in [2.05, 4.69) is 33.4 Å². The Hall–Kier alpha value is 0.180. The highest BCUT2D eigenvalue weighted by molar-refractivity contribution is 9.09. The van der Waals surface area contributed by atoms with Crippen molar-refractivity contribution in [3.63, 3.8) is 0 Å². The summed E-state index contributed by atoms with van der Waals surface area (Å²) in [6, 6.07) is 4.44. The van der Waals surface area contributed by atoms with Gasteiger partial charge in [-0.25, -0.2) is 0 Å². The summed E-state index contributed by atoms with van der Waals surface area (Å²) >= 11 is 5.83. The summed E-state index contributed by atoms with van der Waals surface area (Å²) in [6.45, 7) is 0. The quantitative estimate of drug-likeness (QED) is 0.718. The second kappa shape index (κ2) is 4.21. The number of fused-ring (bicyclic) bond motifs is 2. The van der Waals surface area contributed by atoms with Crippen molar-refractivity contribution in [1.82, 2.24) is 0 Å². The molecular weight excluding hydrogens is 268 g/mol. The van der Waals surface area contributed by atoms with Crippen molar-refractivity contribution in [3.8, 4) is 0 Å². The van der Waals surface area contributed by atoms with Crippen molar-refractivity contribution < 1.29 is 0 Å². The minimum Gasteiger partial charge on any atom is -0.149 e. The molecule has 2 aliphatic carbocycles. The normalized spacial score (nSPS) is 35.9. The van der Waals surface area contributed by atoms with Gasteiger partial charge in [-0.3, -0.25) is 0 Å². The highest BCUT2D eigenvalue weighted by Gasteiger charge is 2.42. The Morgan fingerprint density at radius 1 is 1.40 bits per heavy atom. The first-order valence-electron chi connectivity index (χ1n) is 5.99. The lowest BCUT2D eigenvalue weighted by atomic mass is 9.85.